The predicted molar refractivity (Wildman–Crippen MR) is 125 cm³/mol. The van der Waals surface area contributed by atoms with Crippen molar-refractivity contribution in [1.82, 2.24) is 0 Å². The highest BCUT2D eigenvalue weighted by molar-refractivity contribution is 6.06. The van der Waals surface area contributed by atoms with E-state index in [2.05, 4.69) is 24.5 Å². The Kier molecular flexibility index (Phi) is 7.44. The van der Waals surface area contributed by atoms with E-state index in [1.165, 1.54) is 0 Å². The summed E-state index contributed by atoms with van der Waals surface area (Å²) in [5, 5.41) is 5.82. The van der Waals surface area contributed by atoms with Gasteiger partial charge in [-0.25, -0.2) is 0 Å². The molecule has 0 unspecified atom stereocenters. The van der Waals surface area contributed by atoms with Crippen molar-refractivity contribution >= 4 is 23.2 Å². The number of anilines is 2. The largest absolute Gasteiger partial charge is 0.480 e. The van der Waals surface area contributed by atoms with Gasteiger partial charge in [0.1, 0.15) is 5.75 Å². The molecule has 160 valence electrons. The summed E-state index contributed by atoms with van der Waals surface area (Å²) < 4.78 is 5.89. The van der Waals surface area contributed by atoms with E-state index in [9.17, 15) is 9.59 Å². The molecule has 0 aliphatic rings. The van der Waals surface area contributed by atoms with Crippen LogP contribution in [-0.4, -0.2) is 17.9 Å². The van der Waals surface area contributed by atoms with Crippen LogP contribution in [-0.2, 0) is 4.79 Å². The molecule has 0 spiro atoms. The summed E-state index contributed by atoms with van der Waals surface area (Å²) in [7, 11) is 0. The second kappa shape index (κ2) is 10.4. The first kappa shape index (κ1) is 22.1. The lowest BCUT2D eigenvalue weighted by molar-refractivity contribution is -0.122. The summed E-state index contributed by atoms with van der Waals surface area (Å²) in [6, 6.07) is 23.9. The molecule has 0 aliphatic carbocycles. The van der Waals surface area contributed by atoms with Crippen LogP contribution in [0.3, 0.4) is 0 Å². The van der Waals surface area contributed by atoms with Gasteiger partial charge in [0.15, 0.2) is 6.10 Å². The van der Waals surface area contributed by atoms with Crippen LogP contribution in [0.4, 0.5) is 11.4 Å². The van der Waals surface area contributed by atoms with Crippen molar-refractivity contribution in [3.63, 3.8) is 0 Å². The van der Waals surface area contributed by atoms with Crippen LogP contribution in [0, 0.1) is 0 Å². The summed E-state index contributed by atoms with van der Waals surface area (Å²) in [6.45, 7) is 5.92. The van der Waals surface area contributed by atoms with Gasteiger partial charge in [0.25, 0.3) is 11.8 Å². The van der Waals surface area contributed by atoms with Gasteiger partial charge in [-0.2, -0.15) is 0 Å². The maximum absolute atomic E-state index is 12.8. The Morgan fingerprint density at radius 3 is 2.23 bits per heavy atom. The van der Waals surface area contributed by atoms with Crippen molar-refractivity contribution in [3.8, 4) is 5.75 Å². The number of nitrogens with one attached hydrogen (secondary N) is 2. The predicted octanol–water partition coefficient (Wildman–Crippen LogP) is 5.86. The zero-order valence-corrected chi connectivity index (χ0v) is 18.1. The van der Waals surface area contributed by atoms with E-state index in [-0.39, 0.29) is 11.8 Å². The number of ether oxygens (including phenoxy) is 1. The molecular formula is C26H28N2O3. The minimum absolute atomic E-state index is 0.269. The fourth-order valence-corrected chi connectivity index (χ4v) is 3.22. The third-order valence-electron chi connectivity index (χ3n) is 5.20. The molecule has 5 heteroatoms. The summed E-state index contributed by atoms with van der Waals surface area (Å²) in [5.41, 5.74) is 2.93. The van der Waals surface area contributed by atoms with Gasteiger partial charge in [-0.05, 0) is 55.2 Å². The highest BCUT2D eigenvalue weighted by Gasteiger charge is 2.20. The maximum atomic E-state index is 12.8. The molecule has 0 aliphatic heterocycles. The molecule has 0 aromatic heterocycles. The van der Waals surface area contributed by atoms with Crippen molar-refractivity contribution in [2.45, 2.75) is 39.2 Å². The lowest BCUT2D eigenvalue weighted by Crippen LogP contribution is -2.31. The van der Waals surface area contributed by atoms with Crippen LogP contribution in [0.1, 0.15) is 49.0 Å². The topological polar surface area (TPSA) is 67.4 Å². The Hall–Kier alpha value is -3.60. The lowest BCUT2D eigenvalue weighted by atomic mass is 9.97. The SMILES string of the molecule is CC[C@H](C)c1ccccc1NC(=O)[C@@H](C)Oc1ccccc1C(=O)Nc1ccccc1. The summed E-state index contributed by atoms with van der Waals surface area (Å²) in [4.78, 5) is 25.6. The number of hydrogen-bond acceptors (Lipinski definition) is 3. The molecule has 3 rings (SSSR count). The molecule has 0 saturated heterocycles. The van der Waals surface area contributed by atoms with Gasteiger partial charge in [0.2, 0.25) is 0 Å². The number of carbonyl (C=O) groups is 2. The Bertz CT molecular complexity index is 1030. The molecule has 0 saturated carbocycles. The first-order chi connectivity index (χ1) is 15.0. The Balaban J connectivity index is 1.72. The van der Waals surface area contributed by atoms with Gasteiger partial charge >= 0.3 is 0 Å². The van der Waals surface area contributed by atoms with Crippen molar-refractivity contribution in [2.24, 2.45) is 0 Å². The molecule has 2 N–H and O–H groups in total. The quantitative estimate of drug-likeness (QED) is 0.483. The Labute approximate surface area is 183 Å². The normalized spacial score (nSPS) is 12.5. The molecule has 2 atom stereocenters. The fraction of sp³-hybridized carbons (Fsp3) is 0.231. The minimum atomic E-state index is -0.782. The van der Waals surface area contributed by atoms with E-state index >= 15 is 0 Å². The first-order valence-electron chi connectivity index (χ1n) is 10.5. The standard InChI is InChI=1S/C26H28N2O3/c1-4-18(2)21-14-8-10-16-23(21)28-25(29)19(3)31-24-17-11-9-15-22(24)26(30)27-20-12-6-5-7-13-20/h5-19H,4H2,1-3H3,(H,27,30)(H,28,29)/t18-,19+/m0/s1. The van der Waals surface area contributed by atoms with Crippen molar-refractivity contribution in [2.75, 3.05) is 10.6 Å². The number of amides is 2. The van der Waals surface area contributed by atoms with Crippen molar-refractivity contribution < 1.29 is 14.3 Å². The van der Waals surface area contributed by atoms with Gasteiger partial charge in [-0.1, -0.05) is 62.4 Å². The van der Waals surface area contributed by atoms with E-state index in [4.69, 9.17) is 4.74 Å². The van der Waals surface area contributed by atoms with Crippen LogP contribution in [0.5, 0.6) is 5.75 Å². The molecule has 3 aromatic carbocycles. The van der Waals surface area contributed by atoms with Crippen LogP contribution < -0.4 is 15.4 Å². The number of benzene rings is 3. The molecule has 0 radical (unpaired) electrons. The van der Waals surface area contributed by atoms with Crippen molar-refractivity contribution in [3.05, 3.63) is 90.0 Å². The molecule has 0 heterocycles. The average Bonchev–Trinajstić information content (AvgIpc) is 2.79. The summed E-state index contributed by atoms with van der Waals surface area (Å²) >= 11 is 0. The number of carbonyl (C=O) groups excluding carboxylic acids is 2. The summed E-state index contributed by atoms with van der Waals surface area (Å²) in [6.07, 6.45) is 0.193. The monoisotopic (exact) mass is 416 g/mol. The molecular weight excluding hydrogens is 388 g/mol. The van der Waals surface area contributed by atoms with Gasteiger partial charge in [-0.15, -0.1) is 0 Å². The van der Waals surface area contributed by atoms with Gasteiger partial charge in [0.05, 0.1) is 5.56 Å². The minimum Gasteiger partial charge on any atom is -0.480 e. The Morgan fingerprint density at radius 2 is 1.48 bits per heavy atom. The zero-order valence-electron chi connectivity index (χ0n) is 18.1. The van der Waals surface area contributed by atoms with Crippen molar-refractivity contribution in [1.29, 1.82) is 0 Å². The van der Waals surface area contributed by atoms with Crippen LogP contribution in [0.25, 0.3) is 0 Å². The summed E-state index contributed by atoms with van der Waals surface area (Å²) in [5.74, 6) is 0.120. The molecule has 5 nitrogen and oxygen atoms in total. The highest BCUT2D eigenvalue weighted by Crippen LogP contribution is 2.27. The maximum Gasteiger partial charge on any atom is 0.265 e. The smallest absolute Gasteiger partial charge is 0.265 e. The van der Waals surface area contributed by atoms with E-state index < -0.39 is 6.10 Å². The third kappa shape index (κ3) is 5.72. The zero-order chi connectivity index (χ0) is 22.2. The van der Waals surface area contributed by atoms with E-state index in [1.807, 2.05) is 54.6 Å². The van der Waals surface area contributed by atoms with Gasteiger partial charge < -0.3 is 15.4 Å². The van der Waals surface area contributed by atoms with E-state index in [1.54, 1.807) is 31.2 Å². The second-order valence-corrected chi connectivity index (χ2v) is 7.46. The van der Waals surface area contributed by atoms with Gasteiger partial charge in [-0.3, -0.25) is 9.59 Å². The Morgan fingerprint density at radius 1 is 0.839 bits per heavy atom. The number of para-hydroxylation sites is 3. The first-order valence-corrected chi connectivity index (χ1v) is 10.5. The number of rotatable bonds is 8. The molecule has 0 bridgehead atoms. The molecule has 2 amide bonds. The second-order valence-electron chi connectivity index (χ2n) is 7.46. The highest BCUT2D eigenvalue weighted by atomic mass is 16.5. The van der Waals surface area contributed by atoms with E-state index in [0.29, 0.717) is 22.9 Å². The van der Waals surface area contributed by atoms with Crippen LogP contribution in [0.15, 0.2) is 78.9 Å². The van der Waals surface area contributed by atoms with E-state index in [0.717, 1.165) is 17.7 Å². The molecule has 0 fully saturated rings. The fourth-order valence-electron chi connectivity index (χ4n) is 3.22. The molecule has 3 aromatic rings. The van der Waals surface area contributed by atoms with Gasteiger partial charge in [0, 0.05) is 11.4 Å². The third-order valence-corrected chi connectivity index (χ3v) is 5.20. The van der Waals surface area contributed by atoms with Crippen LogP contribution in [0.2, 0.25) is 0 Å². The number of hydrogen-bond donors (Lipinski definition) is 2. The lowest BCUT2D eigenvalue weighted by Gasteiger charge is -2.19. The molecule has 31 heavy (non-hydrogen) atoms. The average molecular weight is 417 g/mol. The van der Waals surface area contributed by atoms with Crippen LogP contribution >= 0.6 is 0 Å².